The van der Waals surface area contributed by atoms with E-state index in [0.717, 1.165) is 23.7 Å². The predicted octanol–water partition coefficient (Wildman–Crippen LogP) is 0.476. The normalized spacial score (nSPS) is 23.6. The standard InChI is InChI=1S/C11H20N4OS/c1-14-4-5-17-7-8(14)10(12)11-9(16-3)6-13-15(11)2/h6,8,10H,4-5,7,12H2,1-3H3. The van der Waals surface area contributed by atoms with Crippen LogP contribution in [0.2, 0.25) is 0 Å². The van der Waals surface area contributed by atoms with Gasteiger partial charge in [-0.25, -0.2) is 0 Å². The van der Waals surface area contributed by atoms with Gasteiger partial charge in [-0.1, -0.05) is 0 Å². The highest BCUT2D eigenvalue weighted by Gasteiger charge is 2.30. The Balaban J connectivity index is 2.22. The van der Waals surface area contributed by atoms with Crippen LogP contribution in [0.4, 0.5) is 0 Å². The molecule has 0 aromatic carbocycles. The average molecular weight is 256 g/mol. The molecule has 96 valence electrons. The number of nitrogens with zero attached hydrogens (tertiary/aromatic N) is 3. The number of likely N-dealkylation sites (N-methyl/N-ethyl adjacent to an activating group) is 1. The zero-order valence-electron chi connectivity index (χ0n) is 10.6. The number of hydrogen-bond acceptors (Lipinski definition) is 5. The van der Waals surface area contributed by atoms with E-state index < -0.39 is 0 Å². The van der Waals surface area contributed by atoms with E-state index in [0.29, 0.717) is 6.04 Å². The van der Waals surface area contributed by atoms with Crippen LogP contribution in [0.5, 0.6) is 5.75 Å². The molecule has 0 amide bonds. The van der Waals surface area contributed by atoms with Crippen LogP contribution in [0.3, 0.4) is 0 Å². The van der Waals surface area contributed by atoms with Crippen LogP contribution in [-0.2, 0) is 7.05 Å². The van der Waals surface area contributed by atoms with Gasteiger partial charge in [0.15, 0.2) is 5.75 Å². The van der Waals surface area contributed by atoms with Gasteiger partial charge in [0.2, 0.25) is 0 Å². The highest BCUT2D eigenvalue weighted by atomic mass is 32.2. The third-order valence-electron chi connectivity index (χ3n) is 3.34. The minimum absolute atomic E-state index is 0.0600. The van der Waals surface area contributed by atoms with E-state index in [1.807, 2.05) is 23.5 Å². The number of thioether (sulfide) groups is 1. The molecule has 6 heteroatoms. The summed E-state index contributed by atoms with van der Waals surface area (Å²) in [6.45, 7) is 1.09. The van der Waals surface area contributed by atoms with Gasteiger partial charge in [0.05, 0.1) is 25.0 Å². The van der Waals surface area contributed by atoms with Crippen LogP contribution < -0.4 is 10.5 Å². The summed E-state index contributed by atoms with van der Waals surface area (Å²) in [7, 11) is 5.70. The molecule has 1 aliphatic rings. The Hall–Kier alpha value is -0.720. The number of aromatic nitrogens is 2. The second-order valence-electron chi connectivity index (χ2n) is 4.37. The summed E-state index contributed by atoms with van der Waals surface area (Å²) in [5, 5.41) is 4.21. The van der Waals surface area contributed by atoms with Crippen LogP contribution in [-0.4, -0.2) is 52.9 Å². The van der Waals surface area contributed by atoms with E-state index in [9.17, 15) is 0 Å². The first-order valence-electron chi connectivity index (χ1n) is 5.74. The SMILES string of the molecule is COc1cnn(C)c1C(N)C1CSCCN1C. The summed E-state index contributed by atoms with van der Waals surface area (Å²) in [6.07, 6.45) is 1.73. The van der Waals surface area contributed by atoms with E-state index >= 15 is 0 Å². The van der Waals surface area contributed by atoms with Crippen molar-refractivity contribution < 1.29 is 4.74 Å². The lowest BCUT2D eigenvalue weighted by atomic mass is 10.1. The number of ether oxygens (including phenoxy) is 1. The highest BCUT2D eigenvalue weighted by molar-refractivity contribution is 7.99. The molecule has 0 bridgehead atoms. The molecule has 2 heterocycles. The molecular formula is C11H20N4OS. The van der Waals surface area contributed by atoms with Crippen LogP contribution in [0, 0.1) is 0 Å². The van der Waals surface area contributed by atoms with Gasteiger partial charge < -0.3 is 10.5 Å². The van der Waals surface area contributed by atoms with Gasteiger partial charge in [0.1, 0.15) is 0 Å². The zero-order valence-corrected chi connectivity index (χ0v) is 11.4. The fourth-order valence-electron chi connectivity index (χ4n) is 2.23. The van der Waals surface area contributed by atoms with Crippen LogP contribution in [0.15, 0.2) is 6.20 Å². The van der Waals surface area contributed by atoms with Crippen molar-refractivity contribution in [3.63, 3.8) is 0 Å². The summed E-state index contributed by atoms with van der Waals surface area (Å²) in [6, 6.07) is 0.285. The molecule has 1 fully saturated rings. The summed E-state index contributed by atoms with van der Waals surface area (Å²) < 4.78 is 7.14. The topological polar surface area (TPSA) is 56.3 Å². The second-order valence-corrected chi connectivity index (χ2v) is 5.52. The minimum Gasteiger partial charge on any atom is -0.493 e. The van der Waals surface area contributed by atoms with Gasteiger partial charge in [0, 0.05) is 31.1 Å². The molecule has 0 radical (unpaired) electrons. The lowest BCUT2D eigenvalue weighted by Crippen LogP contribution is -2.46. The summed E-state index contributed by atoms with van der Waals surface area (Å²) in [4.78, 5) is 2.33. The predicted molar refractivity (Wildman–Crippen MR) is 70.4 cm³/mol. The highest BCUT2D eigenvalue weighted by Crippen LogP contribution is 2.30. The first-order valence-corrected chi connectivity index (χ1v) is 6.90. The fourth-order valence-corrected chi connectivity index (χ4v) is 3.52. The van der Waals surface area contributed by atoms with Crippen molar-refractivity contribution in [3.8, 4) is 5.75 Å². The Labute approximate surface area is 106 Å². The van der Waals surface area contributed by atoms with E-state index in [4.69, 9.17) is 10.5 Å². The number of methoxy groups -OCH3 is 1. The van der Waals surface area contributed by atoms with Crippen LogP contribution >= 0.6 is 11.8 Å². The number of rotatable bonds is 3. The van der Waals surface area contributed by atoms with Crippen molar-refractivity contribution in [2.75, 3.05) is 32.2 Å². The Morgan fingerprint density at radius 1 is 1.59 bits per heavy atom. The van der Waals surface area contributed by atoms with Crippen molar-refractivity contribution in [3.05, 3.63) is 11.9 Å². The molecule has 2 atom stereocenters. The van der Waals surface area contributed by atoms with Gasteiger partial charge in [-0.3, -0.25) is 9.58 Å². The molecule has 1 aromatic heterocycles. The third-order valence-corrected chi connectivity index (χ3v) is 4.39. The summed E-state index contributed by atoms with van der Waals surface area (Å²) >= 11 is 1.96. The lowest BCUT2D eigenvalue weighted by molar-refractivity contribution is 0.230. The smallest absolute Gasteiger partial charge is 0.161 e. The van der Waals surface area contributed by atoms with Crippen molar-refractivity contribution in [2.45, 2.75) is 12.1 Å². The van der Waals surface area contributed by atoms with E-state index in [1.54, 1.807) is 13.3 Å². The van der Waals surface area contributed by atoms with Gasteiger partial charge >= 0.3 is 0 Å². The maximum atomic E-state index is 6.39. The Morgan fingerprint density at radius 3 is 3.00 bits per heavy atom. The lowest BCUT2D eigenvalue weighted by Gasteiger charge is -2.36. The summed E-state index contributed by atoms with van der Waals surface area (Å²) in [5.41, 5.74) is 7.36. The van der Waals surface area contributed by atoms with Crippen molar-refractivity contribution in [1.29, 1.82) is 0 Å². The monoisotopic (exact) mass is 256 g/mol. The maximum absolute atomic E-state index is 6.39. The number of aryl methyl sites for hydroxylation is 1. The summed E-state index contributed by atoms with van der Waals surface area (Å²) in [5.74, 6) is 3.03. The molecule has 5 nitrogen and oxygen atoms in total. The molecule has 1 aromatic rings. The van der Waals surface area contributed by atoms with E-state index in [2.05, 4.69) is 17.0 Å². The Morgan fingerprint density at radius 2 is 2.35 bits per heavy atom. The average Bonchev–Trinajstić information content (AvgIpc) is 2.70. The molecule has 0 aliphatic carbocycles. The number of nitrogens with two attached hydrogens (primary N) is 1. The molecule has 1 saturated heterocycles. The first-order chi connectivity index (χ1) is 8.15. The second kappa shape index (κ2) is 5.29. The van der Waals surface area contributed by atoms with Crippen LogP contribution in [0.1, 0.15) is 11.7 Å². The first kappa shape index (κ1) is 12.7. The van der Waals surface area contributed by atoms with Crippen LogP contribution in [0.25, 0.3) is 0 Å². The van der Waals surface area contributed by atoms with Crippen molar-refractivity contribution >= 4 is 11.8 Å². The Kier molecular flexibility index (Phi) is 3.96. The molecule has 0 spiro atoms. The Bertz CT molecular complexity index is 382. The molecule has 2 rings (SSSR count). The largest absolute Gasteiger partial charge is 0.493 e. The zero-order chi connectivity index (χ0) is 12.4. The molecule has 0 saturated carbocycles. The quantitative estimate of drug-likeness (QED) is 0.852. The molecular weight excluding hydrogens is 236 g/mol. The van der Waals surface area contributed by atoms with E-state index in [1.165, 1.54) is 5.75 Å². The van der Waals surface area contributed by atoms with Gasteiger partial charge in [-0.05, 0) is 7.05 Å². The van der Waals surface area contributed by atoms with Gasteiger partial charge in [-0.15, -0.1) is 0 Å². The molecule has 2 N–H and O–H groups in total. The maximum Gasteiger partial charge on any atom is 0.161 e. The molecule has 1 aliphatic heterocycles. The van der Waals surface area contributed by atoms with Gasteiger partial charge in [0.25, 0.3) is 0 Å². The van der Waals surface area contributed by atoms with Gasteiger partial charge in [-0.2, -0.15) is 16.9 Å². The third kappa shape index (κ3) is 2.43. The van der Waals surface area contributed by atoms with E-state index in [-0.39, 0.29) is 6.04 Å². The fraction of sp³-hybridized carbons (Fsp3) is 0.727. The minimum atomic E-state index is -0.0600. The number of hydrogen-bond donors (Lipinski definition) is 1. The van der Waals surface area contributed by atoms with Crippen molar-refractivity contribution in [1.82, 2.24) is 14.7 Å². The molecule has 2 unspecified atom stereocenters. The molecule has 17 heavy (non-hydrogen) atoms. The van der Waals surface area contributed by atoms with Crippen molar-refractivity contribution in [2.24, 2.45) is 12.8 Å².